The van der Waals surface area contributed by atoms with Gasteiger partial charge in [-0.05, 0) is 37.1 Å². The molecule has 1 aliphatic heterocycles. The molecule has 0 bridgehead atoms. The van der Waals surface area contributed by atoms with Crippen LogP contribution in [0.2, 0.25) is 0 Å². The van der Waals surface area contributed by atoms with E-state index in [2.05, 4.69) is 26.1 Å². The van der Waals surface area contributed by atoms with E-state index in [1.54, 1.807) is 19.2 Å². The Balaban J connectivity index is 1.76. The Morgan fingerprint density at radius 2 is 1.68 bits per heavy atom. The summed E-state index contributed by atoms with van der Waals surface area (Å²) in [6.07, 6.45) is 1.79. The van der Waals surface area contributed by atoms with E-state index in [9.17, 15) is 16.8 Å². The van der Waals surface area contributed by atoms with Gasteiger partial charge in [-0.1, -0.05) is 15.9 Å². The van der Waals surface area contributed by atoms with Crippen LogP contribution in [0, 0.1) is 0 Å². The van der Waals surface area contributed by atoms with Crippen LogP contribution in [0.3, 0.4) is 0 Å². The third kappa shape index (κ3) is 3.50. The van der Waals surface area contributed by atoms with E-state index >= 15 is 0 Å². The van der Waals surface area contributed by atoms with Crippen molar-refractivity contribution in [3.05, 3.63) is 35.1 Å². The van der Waals surface area contributed by atoms with E-state index in [4.69, 9.17) is 0 Å². The van der Waals surface area contributed by atoms with E-state index in [1.165, 1.54) is 27.3 Å². The van der Waals surface area contributed by atoms with Gasteiger partial charge in [-0.3, -0.25) is 0 Å². The highest BCUT2D eigenvalue weighted by Crippen LogP contribution is 2.27. The molecule has 1 aromatic heterocycles. The molecule has 8 nitrogen and oxygen atoms in total. The number of aromatic nitrogens is 3. The van der Waals surface area contributed by atoms with Crippen molar-refractivity contribution in [2.45, 2.75) is 28.1 Å². The van der Waals surface area contributed by atoms with Crippen molar-refractivity contribution in [1.29, 1.82) is 0 Å². The molecule has 1 fully saturated rings. The lowest BCUT2D eigenvalue weighted by molar-refractivity contribution is 0.344. The molecule has 25 heavy (non-hydrogen) atoms. The van der Waals surface area contributed by atoms with Crippen LogP contribution in [0.25, 0.3) is 0 Å². The molecule has 0 spiro atoms. The van der Waals surface area contributed by atoms with Crippen LogP contribution in [0.15, 0.2) is 45.1 Å². The van der Waals surface area contributed by atoms with Crippen LogP contribution in [-0.2, 0) is 26.9 Å². The van der Waals surface area contributed by atoms with Gasteiger partial charge in [-0.25, -0.2) is 16.8 Å². The molecule has 136 valence electrons. The normalized spacial score (nSPS) is 17.7. The average Bonchev–Trinajstić information content (AvgIpc) is 3.02. The maximum Gasteiger partial charge on any atom is 0.249 e. The van der Waals surface area contributed by atoms with Crippen LogP contribution >= 0.6 is 15.9 Å². The maximum atomic E-state index is 12.7. The van der Waals surface area contributed by atoms with Gasteiger partial charge in [-0.15, -0.1) is 10.2 Å². The zero-order valence-electron chi connectivity index (χ0n) is 13.4. The largest absolute Gasteiger partial charge is 0.308 e. The molecular formula is C14H17BrN4O4S2. The second-order valence-electron chi connectivity index (χ2n) is 5.83. The number of hydrogen-bond acceptors (Lipinski definition) is 6. The van der Waals surface area contributed by atoms with Gasteiger partial charge in [0.15, 0.2) is 0 Å². The summed E-state index contributed by atoms with van der Waals surface area (Å²) >= 11 is 3.27. The van der Waals surface area contributed by atoms with Crippen LogP contribution in [0.5, 0.6) is 0 Å². The third-order valence-electron chi connectivity index (χ3n) is 4.22. The highest BCUT2D eigenvalue weighted by molar-refractivity contribution is 9.10. The summed E-state index contributed by atoms with van der Waals surface area (Å²) in [6.45, 7) is 0.306. The fourth-order valence-corrected chi connectivity index (χ4v) is 6.29. The molecule has 2 heterocycles. The van der Waals surface area contributed by atoms with Crippen molar-refractivity contribution in [1.82, 2.24) is 19.1 Å². The van der Waals surface area contributed by atoms with E-state index in [-0.39, 0.29) is 36.0 Å². The van der Waals surface area contributed by atoms with Crippen LogP contribution in [0.1, 0.15) is 12.8 Å². The standard InChI is InChI=1S/C14H17BrN4O4S2/c1-18-10-16-17-14(18)24(20,21)12-6-8-19(9-7-12)25(22,23)13-4-2-11(15)3-5-13/h2-5,10,12H,6-9H2,1H3. The second-order valence-corrected chi connectivity index (χ2v) is 10.8. The quantitative estimate of drug-likeness (QED) is 0.695. The number of sulfone groups is 1. The molecule has 0 aliphatic carbocycles. The van der Waals surface area contributed by atoms with Gasteiger partial charge in [0.2, 0.25) is 25.0 Å². The molecule has 11 heteroatoms. The van der Waals surface area contributed by atoms with E-state index in [0.29, 0.717) is 0 Å². The fraction of sp³-hybridized carbons (Fsp3) is 0.429. The number of nitrogens with zero attached hydrogens (tertiary/aromatic N) is 4. The number of sulfonamides is 1. The molecule has 1 aliphatic rings. The summed E-state index contributed by atoms with van der Waals surface area (Å²) in [6, 6.07) is 6.39. The molecule has 0 unspecified atom stereocenters. The van der Waals surface area contributed by atoms with E-state index in [1.807, 2.05) is 0 Å². The summed E-state index contributed by atoms with van der Waals surface area (Å²) in [5.74, 6) is 0. The molecule has 1 aromatic carbocycles. The fourth-order valence-electron chi connectivity index (χ4n) is 2.82. The van der Waals surface area contributed by atoms with Crippen molar-refractivity contribution in [3.8, 4) is 0 Å². The van der Waals surface area contributed by atoms with Gasteiger partial charge in [-0.2, -0.15) is 4.31 Å². The van der Waals surface area contributed by atoms with Crippen LogP contribution < -0.4 is 0 Å². The monoisotopic (exact) mass is 448 g/mol. The Morgan fingerprint density at radius 3 is 2.20 bits per heavy atom. The average molecular weight is 449 g/mol. The molecule has 0 saturated carbocycles. The first kappa shape index (κ1) is 18.5. The van der Waals surface area contributed by atoms with Crippen molar-refractivity contribution >= 4 is 35.8 Å². The Labute approximate surface area is 155 Å². The number of aryl methyl sites for hydroxylation is 1. The van der Waals surface area contributed by atoms with Gasteiger partial charge in [0.25, 0.3) is 0 Å². The SMILES string of the molecule is Cn1cnnc1S(=O)(=O)C1CCN(S(=O)(=O)c2ccc(Br)cc2)CC1. The van der Waals surface area contributed by atoms with Crippen molar-refractivity contribution < 1.29 is 16.8 Å². The highest BCUT2D eigenvalue weighted by Gasteiger charge is 2.37. The summed E-state index contributed by atoms with van der Waals surface area (Å²) in [5, 5.41) is 6.54. The number of piperidine rings is 1. The third-order valence-corrected chi connectivity index (χ3v) is 8.88. The molecule has 0 radical (unpaired) electrons. The zero-order valence-corrected chi connectivity index (χ0v) is 16.6. The summed E-state index contributed by atoms with van der Waals surface area (Å²) < 4.78 is 54.1. The zero-order chi connectivity index (χ0) is 18.2. The first-order chi connectivity index (χ1) is 11.7. The Hall–Kier alpha value is -1.30. The van der Waals surface area contributed by atoms with Gasteiger partial charge in [0.1, 0.15) is 6.33 Å². The first-order valence-electron chi connectivity index (χ1n) is 7.56. The number of hydrogen-bond donors (Lipinski definition) is 0. The smallest absolute Gasteiger partial charge is 0.249 e. The first-order valence-corrected chi connectivity index (χ1v) is 11.3. The minimum absolute atomic E-state index is 0.0817. The lowest BCUT2D eigenvalue weighted by Crippen LogP contribution is -2.42. The van der Waals surface area contributed by atoms with Gasteiger partial charge in [0, 0.05) is 24.6 Å². The molecule has 0 atom stereocenters. The Kier molecular flexibility index (Phi) is 5.02. The topological polar surface area (TPSA) is 102 Å². The Morgan fingerprint density at radius 1 is 1.08 bits per heavy atom. The predicted molar refractivity (Wildman–Crippen MR) is 94.1 cm³/mol. The summed E-state index contributed by atoms with van der Waals surface area (Å²) in [4.78, 5) is 0.199. The number of rotatable bonds is 4. The van der Waals surface area contributed by atoms with Crippen LogP contribution in [-0.4, -0.2) is 54.2 Å². The lowest BCUT2D eigenvalue weighted by Gasteiger charge is -2.30. The predicted octanol–water partition coefficient (Wildman–Crippen LogP) is 1.20. The molecular weight excluding hydrogens is 432 g/mol. The van der Waals surface area contributed by atoms with Crippen LogP contribution in [0.4, 0.5) is 0 Å². The molecule has 0 amide bonds. The summed E-state index contributed by atoms with van der Waals surface area (Å²) in [7, 11) is -5.68. The van der Waals surface area contributed by atoms with Gasteiger partial charge < -0.3 is 4.57 Å². The van der Waals surface area contributed by atoms with Gasteiger partial charge >= 0.3 is 0 Å². The summed E-state index contributed by atoms with van der Waals surface area (Å²) in [5.41, 5.74) is 0. The molecule has 0 N–H and O–H groups in total. The molecule has 2 aromatic rings. The van der Waals surface area contributed by atoms with Crippen molar-refractivity contribution in [2.24, 2.45) is 7.05 Å². The number of benzene rings is 1. The van der Waals surface area contributed by atoms with Crippen molar-refractivity contribution in [2.75, 3.05) is 13.1 Å². The molecule has 3 rings (SSSR count). The van der Waals surface area contributed by atoms with E-state index in [0.717, 1.165) is 4.47 Å². The van der Waals surface area contributed by atoms with E-state index < -0.39 is 25.1 Å². The highest BCUT2D eigenvalue weighted by atomic mass is 79.9. The maximum absolute atomic E-state index is 12.7. The minimum Gasteiger partial charge on any atom is -0.308 e. The molecule has 1 saturated heterocycles. The van der Waals surface area contributed by atoms with Crippen molar-refractivity contribution in [3.63, 3.8) is 0 Å². The van der Waals surface area contributed by atoms with Gasteiger partial charge in [0.05, 0.1) is 10.1 Å². The lowest BCUT2D eigenvalue weighted by atomic mass is 10.2. The second kappa shape index (κ2) is 6.78. The Bertz CT molecular complexity index is 963. The number of halogens is 1. The minimum atomic E-state index is -3.63.